The Hall–Kier alpha value is -1.14. The van der Waals surface area contributed by atoms with Crippen LogP contribution in [-0.2, 0) is 10.0 Å². The number of aromatic nitrogens is 1. The van der Waals surface area contributed by atoms with E-state index < -0.39 is 10.0 Å². The summed E-state index contributed by atoms with van der Waals surface area (Å²) in [5.74, 6) is 0.579. The normalized spacial score (nSPS) is 21.6. The van der Waals surface area contributed by atoms with Gasteiger partial charge in [-0.3, -0.25) is 0 Å². The largest absolute Gasteiger partial charge is 0.370 e. The molecule has 6 heteroatoms. The number of hydrogen-bond donors (Lipinski definition) is 2. The average Bonchev–Trinajstić information content (AvgIpc) is 2.86. The number of anilines is 1. The summed E-state index contributed by atoms with van der Waals surface area (Å²) in [5, 5.41) is 3.00. The molecule has 1 atom stereocenters. The van der Waals surface area contributed by atoms with Crippen molar-refractivity contribution in [3.8, 4) is 0 Å². The molecule has 0 aliphatic heterocycles. The first-order chi connectivity index (χ1) is 8.35. The fraction of sp³-hybridized carbons (Fsp3) is 0.583. The highest BCUT2D eigenvalue weighted by Crippen LogP contribution is 2.45. The number of pyridine rings is 1. The van der Waals surface area contributed by atoms with E-state index in [4.69, 9.17) is 0 Å². The van der Waals surface area contributed by atoms with Crippen molar-refractivity contribution in [2.24, 2.45) is 5.41 Å². The summed E-state index contributed by atoms with van der Waals surface area (Å²) in [6.07, 6.45) is 2.39. The molecule has 2 rings (SSSR count). The summed E-state index contributed by atoms with van der Waals surface area (Å²) in [7, 11) is -3.44. The van der Waals surface area contributed by atoms with Gasteiger partial charge >= 0.3 is 0 Å². The summed E-state index contributed by atoms with van der Waals surface area (Å²) in [6.45, 7) is 6.75. The maximum absolute atomic E-state index is 12.2. The third-order valence-electron chi connectivity index (χ3n) is 3.21. The predicted molar refractivity (Wildman–Crippen MR) is 70.9 cm³/mol. The summed E-state index contributed by atoms with van der Waals surface area (Å²) < 4.78 is 27.0. The number of nitrogens with zero attached hydrogens (tertiary/aromatic N) is 1. The Kier molecular flexibility index (Phi) is 3.33. The third-order valence-corrected chi connectivity index (χ3v) is 4.68. The van der Waals surface area contributed by atoms with Gasteiger partial charge in [-0.1, -0.05) is 13.8 Å². The second kappa shape index (κ2) is 4.51. The summed E-state index contributed by atoms with van der Waals surface area (Å²) in [6, 6.07) is 3.11. The van der Waals surface area contributed by atoms with Gasteiger partial charge in [0.2, 0.25) is 10.0 Å². The highest BCUT2D eigenvalue weighted by atomic mass is 32.2. The molecule has 1 saturated carbocycles. The molecular weight excluding hydrogens is 250 g/mol. The van der Waals surface area contributed by atoms with E-state index in [1.165, 1.54) is 12.3 Å². The van der Waals surface area contributed by atoms with Gasteiger partial charge < -0.3 is 5.32 Å². The first-order valence-electron chi connectivity index (χ1n) is 6.07. The third kappa shape index (κ3) is 2.81. The Morgan fingerprint density at radius 2 is 2.17 bits per heavy atom. The fourth-order valence-corrected chi connectivity index (χ4v) is 3.20. The number of sulfonamides is 1. The molecule has 1 aromatic heterocycles. The molecule has 0 bridgehead atoms. The molecule has 1 aromatic rings. The van der Waals surface area contributed by atoms with Gasteiger partial charge in [0, 0.05) is 24.8 Å². The topological polar surface area (TPSA) is 71.1 Å². The number of nitrogens with one attached hydrogen (secondary N) is 2. The molecule has 2 N–H and O–H groups in total. The van der Waals surface area contributed by atoms with Crippen LogP contribution in [0.3, 0.4) is 0 Å². The van der Waals surface area contributed by atoms with Crippen LogP contribution in [-0.4, -0.2) is 26.0 Å². The smallest absolute Gasteiger partial charge is 0.241 e. The highest BCUT2D eigenvalue weighted by Gasteiger charge is 2.47. The van der Waals surface area contributed by atoms with Gasteiger partial charge in [-0.25, -0.2) is 18.1 Å². The average molecular weight is 269 g/mol. The summed E-state index contributed by atoms with van der Waals surface area (Å²) >= 11 is 0. The van der Waals surface area contributed by atoms with Crippen molar-refractivity contribution >= 4 is 15.8 Å². The van der Waals surface area contributed by atoms with Crippen molar-refractivity contribution < 1.29 is 8.42 Å². The van der Waals surface area contributed by atoms with E-state index in [1.807, 2.05) is 6.92 Å². The second-order valence-corrected chi connectivity index (χ2v) is 6.99. The van der Waals surface area contributed by atoms with E-state index in [1.54, 1.807) is 6.07 Å². The van der Waals surface area contributed by atoms with Crippen molar-refractivity contribution in [2.45, 2.75) is 38.1 Å². The molecule has 0 saturated heterocycles. The molecule has 1 heterocycles. The van der Waals surface area contributed by atoms with Gasteiger partial charge in [-0.05, 0) is 24.8 Å². The fourth-order valence-electron chi connectivity index (χ4n) is 1.78. The molecule has 18 heavy (non-hydrogen) atoms. The molecule has 1 unspecified atom stereocenters. The van der Waals surface area contributed by atoms with Crippen molar-refractivity contribution in [3.63, 3.8) is 0 Å². The lowest BCUT2D eigenvalue weighted by molar-refractivity contribution is 0.555. The molecular formula is C12H19N3O2S. The molecule has 0 spiro atoms. The molecule has 1 fully saturated rings. The highest BCUT2D eigenvalue weighted by molar-refractivity contribution is 7.89. The zero-order valence-corrected chi connectivity index (χ0v) is 11.7. The van der Waals surface area contributed by atoms with E-state index in [9.17, 15) is 8.42 Å². The van der Waals surface area contributed by atoms with Crippen LogP contribution in [0.15, 0.2) is 23.2 Å². The van der Waals surface area contributed by atoms with Crippen LogP contribution >= 0.6 is 0 Å². The zero-order chi connectivity index (χ0) is 13.4. The minimum atomic E-state index is -3.44. The van der Waals surface area contributed by atoms with Crippen molar-refractivity contribution in [1.29, 1.82) is 0 Å². The van der Waals surface area contributed by atoms with Crippen LogP contribution in [0.4, 0.5) is 5.82 Å². The number of rotatable bonds is 5. The maximum Gasteiger partial charge on any atom is 0.241 e. The Bertz CT molecular complexity index is 540. The lowest BCUT2D eigenvalue weighted by Crippen LogP contribution is -2.28. The zero-order valence-electron chi connectivity index (χ0n) is 10.9. The number of hydrogen-bond acceptors (Lipinski definition) is 4. The van der Waals surface area contributed by atoms with Crippen LogP contribution in [0.25, 0.3) is 0 Å². The van der Waals surface area contributed by atoms with Crippen LogP contribution in [0, 0.1) is 5.41 Å². The Morgan fingerprint density at radius 1 is 1.50 bits per heavy atom. The van der Waals surface area contributed by atoms with E-state index >= 15 is 0 Å². The Balaban J connectivity index is 2.17. The molecule has 100 valence electrons. The van der Waals surface area contributed by atoms with Gasteiger partial charge in [0.15, 0.2) is 0 Å². The molecule has 5 nitrogen and oxygen atoms in total. The minimum absolute atomic E-state index is 0.0400. The Labute approximate surface area is 108 Å². The van der Waals surface area contributed by atoms with Crippen LogP contribution in [0.1, 0.15) is 27.2 Å². The molecule has 1 aliphatic carbocycles. The van der Waals surface area contributed by atoms with Gasteiger partial charge in [-0.15, -0.1) is 0 Å². The van der Waals surface area contributed by atoms with E-state index in [0.717, 1.165) is 6.42 Å². The quantitative estimate of drug-likeness (QED) is 0.851. The lowest BCUT2D eigenvalue weighted by Gasteiger charge is -2.09. The molecule has 0 radical (unpaired) electrons. The van der Waals surface area contributed by atoms with Crippen molar-refractivity contribution in [2.75, 3.05) is 11.9 Å². The van der Waals surface area contributed by atoms with E-state index in [0.29, 0.717) is 12.4 Å². The Morgan fingerprint density at radius 3 is 2.72 bits per heavy atom. The second-order valence-electron chi connectivity index (χ2n) is 5.27. The standard InChI is InChI=1S/C12H19N3O2S/c1-4-13-11-7-9(5-6-14-11)18(16,17)15-10-8-12(10,2)3/h5-7,10,15H,4,8H2,1-3H3,(H,13,14). The van der Waals surface area contributed by atoms with Gasteiger partial charge in [-0.2, -0.15) is 0 Å². The predicted octanol–water partition coefficient (Wildman–Crippen LogP) is 1.59. The molecule has 1 aliphatic rings. The maximum atomic E-state index is 12.2. The van der Waals surface area contributed by atoms with Crippen LogP contribution in [0.5, 0.6) is 0 Å². The van der Waals surface area contributed by atoms with E-state index in [-0.39, 0.29) is 16.4 Å². The van der Waals surface area contributed by atoms with Crippen LogP contribution < -0.4 is 10.0 Å². The first kappa shape index (κ1) is 13.3. The lowest BCUT2D eigenvalue weighted by atomic mass is 10.2. The van der Waals surface area contributed by atoms with Gasteiger partial charge in [0.25, 0.3) is 0 Å². The summed E-state index contributed by atoms with van der Waals surface area (Å²) in [5.41, 5.74) is 0.0740. The molecule has 0 aromatic carbocycles. The monoisotopic (exact) mass is 269 g/mol. The van der Waals surface area contributed by atoms with Crippen LogP contribution in [0.2, 0.25) is 0 Å². The minimum Gasteiger partial charge on any atom is -0.370 e. The molecule has 0 amide bonds. The summed E-state index contributed by atoms with van der Waals surface area (Å²) in [4.78, 5) is 4.32. The van der Waals surface area contributed by atoms with Crippen molar-refractivity contribution in [1.82, 2.24) is 9.71 Å². The van der Waals surface area contributed by atoms with E-state index in [2.05, 4.69) is 28.9 Å². The SMILES string of the molecule is CCNc1cc(S(=O)(=O)NC2CC2(C)C)ccn1. The van der Waals surface area contributed by atoms with Gasteiger partial charge in [0.05, 0.1) is 4.90 Å². The van der Waals surface area contributed by atoms with Gasteiger partial charge in [0.1, 0.15) is 5.82 Å². The first-order valence-corrected chi connectivity index (χ1v) is 7.56. The van der Waals surface area contributed by atoms with Crippen molar-refractivity contribution in [3.05, 3.63) is 18.3 Å².